The molecule has 33 heavy (non-hydrogen) atoms. The number of nitrogens with one attached hydrogen (secondary N) is 1. The molecule has 0 bridgehead atoms. The zero-order chi connectivity index (χ0) is 23.5. The first-order valence-electron chi connectivity index (χ1n) is 10.5. The van der Waals surface area contributed by atoms with Crippen molar-refractivity contribution >= 4 is 23.2 Å². The highest BCUT2D eigenvalue weighted by Gasteiger charge is 2.29. The van der Waals surface area contributed by atoms with Crippen LogP contribution in [-0.4, -0.2) is 35.3 Å². The standard InChI is InChI=1S/C24H22N4O4S/c1-13(2)32-20-10-7-14(11-15(20)12-25)22-27-28-23(33-22)18-6-4-5-17-16(18)8-9-19(17)26-21(29)24(30)31-3/h4-7,10-11,13,19H,8-9H2,1-3H3,(H,26,29)/t19-/m0/s1. The molecule has 1 amide bonds. The summed E-state index contributed by atoms with van der Waals surface area (Å²) in [7, 11) is 1.18. The number of aromatic nitrogens is 2. The van der Waals surface area contributed by atoms with Gasteiger partial charge in [0.1, 0.15) is 21.8 Å². The van der Waals surface area contributed by atoms with Crippen LogP contribution in [0.4, 0.5) is 0 Å². The van der Waals surface area contributed by atoms with E-state index in [4.69, 9.17) is 4.74 Å². The summed E-state index contributed by atoms with van der Waals surface area (Å²) in [5.74, 6) is -1.12. The van der Waals surface area contributed by atoms with E-state index in [1.54, 1.807) is 12.1 Å². The van der Waals surface area contributed by atoms with Gasteiger partial charge in [-0.2, -0.15) is 5.26 Å². The quantitative estimate of drug-likeness (QED) is 0.453. The number of amides is 1. The Morgan fingerprint density at radius 1 is 1.21 bits per heavy atom. The van der Waals surface area contributed by atoms with Crippen LogP contribution >= 0.6 is 11.3 Å². The van der Waals surface area contributed by atoms with Gasteiger partial charge >= 0.3 is 11.9 Å². The van der Waals surface area contributed by atoms with Crippen LogP contribution in [-0.2, 0) is 20.7 Å². The minimum Gasteiger partial charge on any atom is -0.490 e. The number of fused-ring (bicyclic) bond motifs is 1. The summed E-state index contributed by atoms with van der Waals surface area (Å²) in [6.45, 7) is 3.83. The van der Waals surface area contributed by atoms with Crippen LogP contribution in [0.5, 0.6) is 5.75 Å². The highest BCUT2D eigenvalue weighted by molar-refractivity contribution is 7.17. The molecular weight excluding hydrogens is 440 g/mol. The largest absolute Gasteiger partial charge is 0.490 e. The molecule has 4 rings (SSSR count). The van der Waals surface area contributed by atoms with Gasteiger partial charge in [0.05, 0.1) is 24.8 Å². The van der Waals surface area contributed by atoms with Crippen molar-refractivity contribution in [3.63, 3.8) is 0 Å². The highest BCUT2D eigenvalue weighted by atomic mass is 32.1. The zero-order valence-electron chi connectivity index (χ0n) is 18.4. The van der Waals surface area contributed by atoms with Crippen LogP contribution in [0, 0.1) is 11.3 Å². The molecule has 1 aromatic heterocycles. The van der Waals surface area contributed by atoms with Crippen LogP contribution in [0.3, 0.4) is 0 Å². The molecule has 0 aliphatic heterocycles. The Balaban J connectivity index is 1.61. The lowest BCUT2D eigenvalue weighted by atomic mass is 10.0. The van der Waals surface area contributed by atoms with Crippen LogP contribution < -0.4 is 10.1 Å². The lowest BCUT2D eigenvalue weighted by Crippen LogP contribution is -2.34. The average molecular weight is 463 g/mol. The molecule has 1 aliphatic carbocycles. The molecular formula is C24H22N4O4S. The monoisotopic (exact) mass is 462 g/mol. The van der Waals surface area contributed by atoms with E-state index in [1.165, 1.54) is 18.4 Å². The summed E-state index contributed by atoms with van der Waals surface area (Å²) in [4.78, 5) is 23.4. The maximum absolute atomic E-state index is 12.0. The van der Waals surface area contributed by atoms with Crippen LogP contribution in [0.15, 0.2) is 36.4 Å². The number of nitriles is 1. The van der Waals surface area contributed by atoms with E-state index < -0.39 is 11.9 Å². The van der Waals surface area contributed by atoms with Crippen molar-refractivity contribution in [2.24, 2.45) is 0 Å². The number of carbonyl (C=O) groups is 2. The minimum absolute atomic E-state index is 0.0301. The van der Waals surface area contributed by atoms with Crippen molar-refractivity contribution in [3.05, 3.63) is 53.1 Å². The van der Waals surface area contributed by atoms with Gasteiger partial charge < -0.3 is 14.8 Å². The molecule has 1 N–H and O–H groups in total. The molecule has 9 heteroatoms. The lowest BCUT2D eigenvalue weighted by molar-refractivity contribution is -0.153. The third-order valence-corrected chi connectivity index (χ3v) is 6.32. The Hall–Kier alpha value is -3.77. The number of methoxy groups -OCH3 is 1. The number of carbonyl (C=O) groups excluding carboxylic acids is 2. The van der Waals surface area contributed by atoms with Gasteiger partial charge in [0, 0.05) is 11.1 Å². The minimum atomic E-state index is -0.907. The highest BCUT2D eigenvalue weighted by Crippen LogP contribution is 2.40. The number of ether oxygens (including phenoxy) is 2. The summed E-state index contributed by atoms with van der Waals surface area (Å²) in [5, 5.41) is 22.4. The number of hydrogen-bond acceptors (Lipinski definition) is 8. The number of rotatable bonds is 5. The Morgan fingerprint density at radius 3 is 2.73 bits per heavy atom. The predicted molar refractivity (Wildman–Crippen MR) is 122 cm³/mol. The number of esters is 1. The fourth-order valence-electron chi connectivity index (χ4n) is 3.87. The Kier molecular flexibility index (Phi) is 6.38. The van der Waals surface area contributed by atoms with Crippen molar-refractivity contribution < 1.29 is 19.1 Å². The van der Waals surface area contributed by atoms with Gasteiger partial charge in [0.15, 0.2) is 0 Å². The van der Waals surface area contributed by atoms with Crippen molar-refractivity contribution in [2.45, 2.75) is 38.8 Å². The third kappa shape index (κ3) is 4.56. The van der Waals surface area contributed by atoms with E-state index in [2.05, 4.69) is 26.3 Å². The summed E-state index contributed by atoms with van der Waals surface area (Å²) in [6, 6.07) is 13.2. The molecule has 0 saturated carbocycles. The number of hydrogen-bond donors (Lipinski definition) is 1. The summed E-state index contributed by atoms with van der Waals surface area (Å²) < 4.78 is 10.2. The normalized spacial score (nSPS) is 14.5. The smallest absolute Gasteiger partial charge is 0.396 e. The molecule has 168 valence electrons. The Labute approximate surface area is 195 Å². The van der Waals surface area contributed by atoms with E-state index >= 15 is 0 Å². The summed E-state index contributed by atoms with van der Waals surface area (Å²) in [5.41, 5.74) is 4.23. The van der Waals surface area contributed by atoms with Crippen molar-refractivity contribution in [3.8, 4) is 33.0 Å². The van der Waals surface area contributed by atoms with Gasteiger partial charge in [-0.15, -0.1) is 10.2 Å². The van der Waals surface area contributed by atoms with Crippen molar-refractivity contribution in [1.29, 1.82) is 5.26 Å². The van der Waals surface area contributed by atoms with Gasteiger partial charge in [-0.25, -0.2) is 4.79 Å². The molecule has 0 spiro atoms. The predicted octanol–water partition coefficient (Wildman–Crippen LogP) is 3.81. The molecule has 0 saturated heterocycles. The second-order valence-corrected chi connectivity index (χ2v) is 8.81. The lowest BCUT2D eigenvalue weighted by Gasteiger charge is -2.13. The van der Waals surface area contributed by atoms with Crippen molar-refractivity contribution in [1.82, 2.24) is 15.5 Å². The summed E-state index contributed by atoms with van der Waals surface area (Å²) in [6.07, 6.45) is 1.40. The SMILES string of the molecule is COC(=O)C(=O)N[C@H]1CCc2c(-c3nnc(-c4ccc(OC(C)C)c(C#N)c4)s3)cccc21. The number of benzene rings is 2. The fourth-order valence-corrected chi connectivity index (χ4v) is 4.76. The van der Waals surface area contributed by atoms with E-state index in [0.717, 1.165) is 33.7 Å². The molecule has 0 fully saturated rings. The number of nitrogens with zero attached hydrogens (tertiary/aromatic N) is 3. The van der Waals surface area contributed by atoms with Gasteiger partial charge in [-0.3, -0.25) is 4.79 Å². The molecule has 1 aliphatic rings. The van der Waals surface area contributed by atoms with E-state index in [9.17, 15) is 14.9 Å². The average Bonchev–Trinajstić information content (AvgIpc) is 3.46. The first-order chi connectivity index (χ1) is 15.9. The molecule has 1 atom stereocenters. The molecule has 8 nitrogen and oxygen atoms in total. The van der Waals surface area contributed by atoms with E-state index in [1.807, 2.05) is 38.1 Å². The van der Waals surface area contributed by atoms with Crippen molar-refractivity contribution in [2.75, 3.05) is 7.11 Å². The maximum atomic E-state index is 12.0. The second kappa shape index (κ2) is 9.38. The molecule has 0 unspecified atom stereocenters. The summed E-state index contributed by atoms with van der Waals surface area (Å²) >= 11 is 1.43. The first kappa shape index (κ1) is 22.4. The molecule has 2 aromatic carbocycles. The second-order valence-electron chi connectivity index (χ2n) is 7.83. The zero-order valence-corrected chi connectivity index (χ0v) is 19.2. The fraction of sp³-hybridized carbons (Fsp3) is 0.292. The Bertz CT molecular complexity index is 1260. The van der Waals surface area contributed by atoms with E-state index in [-0.39, 0.29) is 12.1 Å². The Morgan fingerprint density at radius 2 is 2.00 bits per heavy atom. The molecule has 1 heterocycles. The first-order valence-corrected chi connectivity index (χ1v) is 11.3. The van der Waals surface area contributed by atoms with Crippen LogP contribution in [0.1, 0.15) is 43.0 Å². The van der Waals surface area contributed by atoms with Crippen LogP contribution in [0.25, 0.3) is 21.1 Å². The van der Waals surface area contributed by atoms with Gasteiger partial charge in [0.25, 0.3) is 0 Å². The maximum Gasteiger partial charge on any atom is 0.396 e. The molecule has 0 radical (unpaired) electrons. The van der Waals surface area contributed by atoms with Gasteiger partial charge in [0.2, 0.25) is 0 Å². The van der Waals surface area contributed by atoms with E-state index in [0.29, 0.717) is 22.7 Å². The van der Waals surface area contributed by atoms with Crippen LogP contribution in [0.2, 0.25) is 0 Å². The molecule has 3 aromatic rings. The topological polar surface area (TPSA) is 114 Å². The van der Waals surface area contributed by atoms with Gasteiger partial charge in [-0.05, 0) is 56.0 Å². The van der Waals surface area contributed by atoms with Gasteiger partial charge in [-0.1, -0.05) is 29.5 Å². The third-order valence-electron chi connectivity index (χ3n) is 5.31.